The maximum atomic E-state index is 13.4. The molecule has 2 atom stereocenters. The first-order valence-corrected chi connectivity index (χ1v) is 12.0. The van der Waals surface area contributed by atoms with Crippen LogP contribution < -0.4 is 10.2 Å². The van der Waals surface area contributed by atoms with Gasteiger partial charge in [-0.05, 0) is 61.5 Å². The van der Waals surface area contributed by atoms with Gasteiger partial charge in [0.05, 0.1) is 11.1 Å². The second-order valence-electron chi connectivity index (χ2n) is 9.55. The maximum absolute atomic E-state index is 13.4. The third-order valence-corrected chi connectivity index (χ3v) is 7.54. The fourth-order valence-corrected chi connectivity index (χ4v) is 5.81. The van der Waals surface area contributed by atoms with Gasteiger partial charge in [0.1, 0.15) is 0 Å². The van der Waals surface area contributed by atoms with E-state index in [0.29, 0.717) is 19.0 Å². The van der Waals surface area contributed by atoms with Gasteiger partial charge in [-0.15, -0.1) is 0 Å². The van der Waals surface area contributed by atoms with Gasteiger partial charge in [-0.3, -0.25) is 9.78 Å². The molecule has 0 saturated carbocycles. The number of carbonyl (C=O) groups excluding carboxylic acids is 1. The molecule has 164 valence electrons. The summed E-state index contributed by atoms with van der Waals surface area (Å²) >= 11 is 0. The van der Waals surface area contributed by atoms with E-state index in [2.05, 4.69) is 46.6 Å². The average molecular weight is 427 g/mol. The molecule has 0 aliphatic carbocycles. The van der Waals surface area contributed by atoms with Crippen molar-refractivity contribution in [3.05, 3.63) is 71.4 Å². The zero-order valence-electron chi connectivity index (χ0n) is 18.5. The Morgan fingerprint density at radius 1 is 1.00 bits per heavy atom. The van der Waals surface area contributed by atoms with Gasteiger partial charge in [-0.1, -0.05) is 36.4 Å². The summed E-state index contributed by atoms with van der Waals surface area (Å²) in [5, 5.41) is 4.75. The van der Waals surface area contributed by atoms with Crippen LogP contribution in [0, 0.1) is 11.8 Å². The van der Waals surface area contributed by atoms with Gasteiger partial charge in [-0.25, -0.2) is 0 Å². The van der Waals surface area contributed by atoms with E-state index in [1.54, 1.807) is 0 Å². The van der Waals surface area contributed by atoms with Crippen molar-refractivity contribution in [2.45, 2.75) is 25.8 Å². The molecule has 32 heavy (non-hydrogen) atoms. The molecule has 5 heteroatoms. The van der Waals surface area contributed by atoms with Crippen molar-refractivity contribution in [3.8, 4) is 0 Å². The van der Waals surface area contributed by atoms with Gasteiger partial charge >= 0.3 is 0 Å². The van der Waals surface area contributed by atoms with Gasteiger partial charge in [0.25, 0.3) is 5.91 Å². The Labute approximate surface area is 189 Å². The molecule has 2 aromatic carbocycles. The Balaban J connectivity index is 1.18. The third-order valence-electron chi connectivity index (χ3n) is 7.54. The molecule has 4 heterocycles. The number of fused-ring (bicyclic) bond motifs is 3. The summed E-state index contributed by atoms with van der Waals surface area (Å²) < 4.78 is 0. The van der Waals surface area contributed by atoms with Gasteiger partial charge < -0.3 is 15.1 Å². The largest absolute Gasteiger partial charge is 0.370 e. The summed E-state index contributed by atoms with van der Waals surface area (Å²) in [6.45, 7) is 5.80. The average Bonchev–Trinajstić information content (AvgIpc) is 3.30. The first-order chi connectivity index (χ1) is 15.8. The quantitative estimate of drug-likeness (QED) is 0.688. The monoisotopic (exact) mass is 426 g/mol. The number of rotatable bonds is 4. The Morgan fingerprint density at radius 2 is 1.91 bits per heavy atom. The van der Waals surface area contributed by atoms with Crippen molar-refractivity contribution in [2.75, 3.05) is 37.6 Å². The van der Waals surface area contributed by atoms with E-state index in [9.17, 15) is 4.79 Å². The number of amides is 1. The molecule has 2 saturated heterocycles. The van der Waals surface area contributed by atoms with Crippen molar-refractivity contribution >= 4 is 22.5 Å². The number of aromatic nitrogens is 1. The molecule has 0 bridgehead atoms. The Morgan fingerprint density at radius 3 is 2.88 bits per heavy atom. The number of anilines is 1. The van der Waals surface area contributed by atoms with Crippen LogP contribution in [0.1, 0.15) is 34.5 Å². The van der Waals surface area contributed by atoms with Crippen molar-refractivity contribution in [2.24, 2.45) is 11.8 Å². The van der Waals surface area contributed by atoms with E-state index in [-0.39, 0.29) is 5.91 Å². The molecule has 5 nitrogen and oxygen atoms in total. The summed E-state index contributed by atoms with van der Waals surface area (Å²) in [5.74, 6) is 1.62. The highest BCUT2D eigenvalue weighted by Crippen LogP contribution is 2.37. The van der Waals surface area contributed by atoms with Crippen molar-refractivity contribution in [1.29, 1.82) is 0 Å². The lowest BCUT2D eigenvalue weighted by atomic mass is 9.93. The number of hydrogen-bond donors (Lipinski definition) is 1. The Kier molecular flexibility index (Phi) is 5.07. The molecular weight excluding hydrogens is 396 g/mol. The second kappa shape index (κ2) is 8.21. The predicted molar refractivity (Wildman–Crippen MR) is 128 cm³/mol. The summed E-state index contributed by atoms with van der Waals surface area (Å²) in [6, 6.07) is 18.8. The first kappa shape index (κ1) is 19.7. The Bertz CT molecular complexity index is 1150. The minimum absolute atomic E-state index is 0.182. The third kappa shape index (κ3) is 3.55. The highest BCUT2D eigenvalue weighted by atomic mass is 16.2. The minimum Gasteiger partial charge on any atom is -0.370 e. The number of carbonyl (C=O) groups is 1. The lowest BCUT2D eigenvalue weighted by molar-refractivity contribution is 0.0780. The number of nitrogens with one attached hydrogen (secondary N) is 1. The summed E-state index contributed by atoms with van der Waals surface area (Å²) in [6.07, 6.45) is 3.33. The molecule has 6 rings (SSSR count). The molecule has 0 radical (unpaired) electrons. The second-order valence-corrected chi connectivity index (χ2v) is 9.55. The molecule has 1 N–H and O–H groups in total. The number of nitrogens with zero attached hydrogens (tertiary/aromatic N) is 3. The molecule has 3 aromatic rings. The van der Waals surface area contributed by atoms with Crippen molar-refractivity contribution in [3.63, 3.8) is 0 Å². The van der Waals surface area contributed by atoms with Crippen molar-refractivity contribution in [1.82, 2.24) is 15.2 Å². The first-order valence-electron chi connectivity index (χ1n) is 12.0. The van der Waals surface area contributed by atoms with Gasteiger partial charge in [0, 0.05) is 49.4 Å². The lowest BCUT2D eigenvalue weighted by Crippen LogP contribution is -2.29. The van der Waals surface area contributed by atoms with Gasteiger partial charge in [0.2, 0.25) is 0 Å². The van der Waals surface area contributed by atoms with E-state index in [1.807, 2.05) is 23.1 Å². The van der Waals surface area contributed by atoms with E-state index >= 15 is 0 Å². The zero-order valence-corrected chi connectivity index (χ0v) is 18.5. The fraction of sp³-hybridized carbons (Fsp3) is 0.407. The van der Waals surface area contributed by atoms with Crippen LogP contribution in [0.4, 0.5) is 5.69 Å². The van der Waals surface area contributed by atoms with Crippen molar-refractivity contribution < 1.29 is 4.79 Å². The molecule has 1 aromatic heterocycles. The summed E-state index contributed by atoms with van der Waals surface area (Å²) in [7, 11) is 0. The van der Waals surface area contributed by atoms with E-state index in [0.717, 1.165) is 66.4 Å². The Hall–Kier alpha value is -2.92. The molecule has 0 spiro atoms. The van der Waals surface area contributed by atoms with E-state index < -0.39 is 0 Å². The van der Waals surface area contributed by atoms with Crippen LogP contribution in [-0.2, 0) is 13.0 Å². The molecular formula is C27H30N4O. The predicted octanol–water partition coefficient (Wildman–Crippen LogP) is 3.87. The molecule has 3 aliphatic rings. The standard InChI is InChI=1S/C27H30N4O/c32-27-26-21(6-3-9-25(26)31-16-20-7-4-13-28-15-22(20)18-31)17-30(27)14-12-23-11-10-19-5-1-2-8-24(19)29-23/h1-3,5-6,8-11,20,22,28H,4,7,12-18H2/t20-,22-/m0/s1. The SMILES string of the molecule is O=C1c2c(cccc2N2C[C@@H]3CCCNC[C@H]3C2)CN1CCc1ccc2ccccc2n1. The van der Waals surface area contributed by atoms with Gasteiger partial charge in [-0.2, -0.15) is 0 Å². The normalized spacial score (nSPS) is 22.8. The number of pyridine rings is 1. The number of hydrogen-bond acceptors (Lipinski definition) is 4. The number of benzene rings is 2. The van der Waals surface area contributed by atoms with Crippen LogP contribution >= 0.6 is 0 Å². The highest BCUT2D eigenvalue weighted by molar-refractivity contribution is 6.03. The van der Waals surface area contributed by atoms with Gasteiger partial charge in [0.15, 0.2) is 0 Å². The fourth-order valence-electron chi connectivity index (χ4n) is 5.81. The summed E-state index contributed by atoms with van der Waals surface area (Å²) in [5.41, 5.74) is 5.31. The van der Waals surface area contributed by atoms with Crippen LogP contribution in [0.15, 0.2) is 54.6 Å². The highest BCUT2D eigenvalue weighted by Gasteiger charge is 2.37. The number of para-hydroxylation sites is 1. The molecule has 0 unspecified atom stereocenters. The lowest BCUT2D eigenvalue weighted by Gasteiger charge is -2.22. The van der Waals surface area contributed by atoms with Crippen LogP contribution in [0.2, 0.25) is 0 Å². The molecule has 3 aliphatic heterocycles. The van der Waals surface area contributed by atoms with Crippen LogP contribution in [0.25, 0.3) is 10.9 Å². The van der Waals surface area contributed by atoms with Crippen LogP contribution in [0.3, 0.4) is 0 Å². The topological polar surface area (TPSA) is 48.5 Å². The maximum Gasteiger partial charge on any atom is 0.256 e. The minimum atomic E-state index is 0.182. The molecule has 2 fully saturated rings. The summed E-state index contributed by atoms with van der Waals surface area (Å²) in [4.78, 5) is 22.7. The zero-order chi connectivity index (χ0) is 21.5. The van der Waals surface area contributed by atoms with Crippen LogP contribution in [-0.4, -0.2) is 48.5 Å². The smallest absolute Gasteiger partial charge is 0.256 e. The van der Waals surface area contributed by atoms with Crippen LogP contribution in [0.5, 0.6) is 0 Å². The van der Waals surface area contributed by atoms with E-state index in [1.165, 1.54) is 18.4 Å². The molecule has 1 amide bonds. The van der Waals surface area contributed by atoms with E-state index in [4.69, 9.17) is 4.98 Å².